The molecule has 5 rings (SSSR count). The van der Waals surface area contributed by atoms with Gasteiger partial charge in [-0.3, -0.25) is 4.40 Å². The van der Waals surface area contributed by atoms with Crippen molar-refractivity contribution in [2.24, 2.45) is 0 Å². The minimum Gasteiger partial charge on any atom is -0.497 e. The number of nitrogens with two attached hydrogens (primary N) is 1. The minimum atomic E-state index is -0.410. The number of nitrogens with zero attached hydrogens (tertiary/aromatic N) is 6. The van der Waals surface area contributed by atoms with E-state index in [1.165, 1.54) is 4.68 Å². The number of aromatic nitrogens is 6. The molecule has 1 amide bonds. The summed E-state index contributed by atoms with van der Waals surface area (Å²) in [6.07, 6.45) is 3.45. The fourth-order valence-corrected chi connectivity index (χ4v) is 3.52. The van der Waals surface area contributed by atoms with E-state index in [1.54, 1.807) is 56.6 Å². The van der Waals surface area contributed by atoms with Crippen LogP contribution in [0.2, 0.25) is 0 Å². The molecule has 0 atom stereocenters. The van der Waals surface area contributed by atoms with Gasteiger partial charge in [-0.25, -0.2) is 19.7 Å². The van der Waals surface area contributed by atoms with Crippen LogP contribution in [0.25, 0.3) is 17.0 Å². The fourth-order valence-electron chi connectivity index (χ4n) is 3.52. The average Bonchev–Trinajstić information content (AvgIpc) is 3.43. The highest BCUT2D eigenvalue weighted by Crippen LogP contribution is 2.30. The first-order chi connectivity index (χ1) is 16.5. The SMILES string of the molecule is COc1ccc(NC(=O)n2ccc(Nc3nc4ccccn4c3-c3cc(N)nc(C)n3)n2)cc1. The van der Waals surface area contributed by atoms with Crippen LogP contribution in [0.15, 0.2) is 67.0 Å². The number of fused-ring (bicyclic) bond motifs is 1. The highest BCUT2D eigenvalue weighted by Gasteiger charge is 2.18. The molecule has 0 aliphatic heterocycles. The molecular weight excluding hydrogens is 434 g/mol. The van der Waals surface area contributed by atoms with Gasteiger partial charge in [-0.05, 0) is 43.3 Å². The van der Waals surface area contributed by atoms with Crippen LogP contribution in [0.4, 0.5) is 27.9 Å². The third-order valence-corrected chi connectivity index (χ3v) is 5.02. The first kappa shape index (κ1) is 20.9. The van der Waals surface area contributed by atoms with Crippen LogP contribution in [0.5, 0.6) is 5.75 Å². The van der Waals surface area contributed by atoms with Crippen molar-refractivity contribution in [3.8, 4) is 17.1 Å². The summed E-state index contributed by atoms with van der Waals surface area (Å²) in [5.41, 5.74) is 8.61. The van der Waals surface area contributed by atoms with Gasteiger partial charge >= 0.3 is 6.03 Å². The van der Waals surface area contributed by atoms with E-state index in [9.17, 15) is 4.79 Å². The summed E-state index contributed by atoms with van der Waals surface area (Å²) in [7, 11) is 1.58. The summed E-state index contributed by atoms with van der Waals surface area (Å²) < 4.78 is 8.24. The Bertz CT molecular complexity index is 1470. The normalized spacial score (nSPS) is 10.9. The van der Waals surface area contributed by atoms with Crippen molar-refractivity contribution in [2.75, 3.05) is 23.5 Å². The number of aryl methyl sites for hydroxylation is 1. The van der Waals surface area contributed by atoms with Gasteiger partial charge in [0.1, 0.15) is 28.7 Å². The number of ether oxygens (including phenoxy) is 1. The maximum atomic E-state index is 12.6. The molecule has 0 bridgehead atoms. The summed E-state index contributed by atoms with van der Waals surface area (Å²) in [5, 5.41) is 10.3. The van der Waals surface area contributed by atoms with Crippen molar-refractivity contribution >= 4 is 34.8 Å². The van der Waals surface area contributed by atoms with E-state index in [-0.39, 0.29) is 0 Å². The van der Waals surface area contributed by atoms with E-state index in [2.05, 4.69) is 30.7 Å². The molecule has 0 saturated heterocycles. The Kier molecular flexibility index (Phi) is 5.26. The van der Waals surface area contributed by atoms with Crippen molar-refractivity contribution in [3.63, 3.8) is 0 Å². The Morgan fingerprint density at radius 2 is 1.85 bits per heavy atom. The van der Waals surface area contributed by atoms with Gasteiger partial charge < -0.3 is 21.1 Å². The molecule has 0 radical (unpaired) electrons. The van der Waals surface area contributed by atoms with Gasteiger partial charge in [-0.1, -0.05) is 6.07 Å². The molecular formula is C23H21N9O2. The van der Waals surface area contributed by atoms with E-state index in [1.807, 2.05) is 28.8 Å². The molecule has 1 aromatic carbocycles. The van der Waals surface area contributed by atoms with Gasteiger partial charge in [-0.15, -0.1) is 5.10 Å². The lowest BCUT2D eigenvalue weighted by molar-refractivity contribution is 0.251. The van der Waals surface area contributed by atoms with Crippen LogP contribution in [0.1, 0.15) is 5.82 Å². The number of hydrogen-bond donors (Lipinski definition) is 3. The Labute approximate surface area is 194 Å². The molecule has 0 spiro atoms. The number of benzene rings is 1. The number of pyridine rings is 1. The van der Waals surface area contributed by atoms with Crippen molar-refractivity contribution in [3.05, 3.63) is 72.8 Å². The number of rotatable bonds is 5. The lowest BCUT2D eigenvalue weighted by Crippen LogP contribution is -2.20. The lowest BCUT2D eigenvalue weighted by Gasteiger charge is -2.07. The fraction of sp³-hybridized carbons (Fsp3) is 0.0870. The monoisotopic (exact) mass is 455 g/mol. The summed E-state index contributed by atoms with van der Waals surface area (Å²) in [6, 6.07) is 15.7. The summed E-state index contributed by atoms with van der Waals surface area (Å²) in [5.74, 6) is 2.57. The zero-order valence-corrected chi connectivity index (χ0v) is 18.4. The van der Waals surface area contributed by atoms with Crippen LogP contribution in [0.3, 0.4) is 0 Å². The van der Waals surface area contributed by atoms with Crippen LogP contribution in [-0.4, -0.2) is 42.3 Å². The number of anilines is 4. The minimum absolute atomic E-state index is 0.360. The summed E-state index contributed by atoms with van der Waals surface area (Å²) >= 11 is 0. The third kappa shape index (κ3) is 4.09. The second-order valence-corrected chi connectivity index (χ2v) is 7.39. The molecule has 0 fully saturated rings. The van der Waals surface area contributed by atoms with Gasteiger partial charge in [0, 0.05) is 30.2 Å². The van der Waals surface area contributed by atoms with Gasteiger partial charge in [0.25, 0.3) is 0 Å². The number of nitrogens with one attached hydrogen (secondary N) is 2. The first-order valence-electron chi connectivity index (χ1n) is 10.4. The summed E-state index contributed by atoms with van der Waals surface area (Å²) in [6.45, 7) is 1.78. The van der Waals surface area contributed by atoms with Gasteiger partial charge in [0.2, 0.25) is 0 Å². The predicted molar refractivity (Wildman–Crippen MR) is 128 cm³/mol. The van der Waals surface area contributed by atoms with Gasteiger partial charge in [0.05, 0.1) is 12.8 Å². The molecule has 0 aliphatic rings. The van der Waals surface area contributed by atoms with Gasteiger partial charge in [-0.2, -0.15) is 4.68 Å². The van der Waals surface area contributed by atoms with E-state index in [0.29, 0.717) is 51.7 Å². The average molecular weight is 455 g/mol. The molecule has 11 nitrogen and oxygen atoms in total. The molecule has 4 heterocycles. The Balaban J connectivity index is 1.43. The smallest absolute Gasteiger partial charge is 0.346 e. The van der Waals surface area contributed by atoms with Crippen molar-refractivity contribution in [2.45, 2.75) is 6.92 Å². The zero-order chi connectivity index (χ0) is 23.7. The quantitative estimate of drug-likeness (QED) is 0.365. The van der Waals surface area contributed by atoms with Crippen LogP contribution in [0, 0.1) is 6.92 Å². The van der Waals surface area contributed by atoms with Crippen LogP contribution in [-0.2, 0) is 0 Å². The Morgan fingerprint density at radius 3 is 2.62 bits per heavy atom. The molecule has 170 valence electrons. The standard InChI is InChI=1S/C23H21N9O2/c1-14-25-17(13-18(24)26-14)21-22(29-20-5-3-4-11-31(20)21)28-19-10-12-32(30-19)23(33)27-15-6-8-16(34-2)9-7-15/h3-13H,1-2H3,(H,27,33)(H,28,30)(H2,24,25,26). The Hall–Kier alpha value is -4.93. The van der Waals surface area contributed by atoms with Crippen molar-refractivity contribution in [1.82, 2.24) is 29.1 Å². The van der Waals surface area contributed by atoms with Crippen molar-refractivity contribution in [1.29, 1.82) is 0 Å². The summed E-state index contributed by atoms with van der Waals surface area (Å²) in [4.78, 5) is 26.0. The number of nitrogen functional groups attached to an aromatic ring is 1. The maximum Gasteiger partial charge on any atom is 0.346 e. The molecule has 5 aromatic rings. The van der Waals surface area contributed by atoms with Crippen LogP contribution < -0.4 is 21.1 Å². The second kappa shape index (κ2) is 8.54. The third-order valence-electron chi connectivity index (χ3n) is 5.02. The molecule has 4 aromatic heterocycles. The topological polar surface area (TPSA) is 137 Å². The number of hydrogen-bond acceptors (Lipinski definition) is 8. The number of amides is 1. The highest BCUT2D eigenvalue weighted by molar-refractivity contribution is 5.90. The molecule has 0 aliphatic carbocycles. The largest absolute Gasteiger partial charge is 0.497 e. The van der Waals surface area contributed by atoms with E-state index in [0.717, 1.165) is 0 Å². The zero-order valence-electron chi connectivity index (χ0n) is 18.4. The molecule has 11 heteroatoms. The van der Waals surface area contributed by atoms with Crippen molar-refractivity contribution < 1.29 is 9.53 Å². The van der Waals surface area contributed by atoms with E-state index >= 15 is 0 Å². The predicted octanol–water partition coefficient (Wildman–Crippen LogP) is 3.71. The first-order valence-corrected chi connectivity index (χ1v) is 10.4. The van der Waals surface area contributed by atoms with Gasteiger partial charge in [0.15, 0.2) is 11.6 Å². The van der Waals surface area contributed by atoms with E-state index in [4.69, 9.17) is 10.5 Å². The molecule has 0 saturated carbocycles. The number of imidazole rings is 1. The lowest BCUT2D eigenvalue weighted by atomic mass is 10.2. The number of methoxy groups -OCH3 is 1. The molecule has 4 N–H and O–H groups in total. The highest BCUT2D eigenvalue weighted by atomic mass is 16.5. The number of carbonyl (C=O) groups is 1. The maximum absolute atomic E-state index is 12.6. The second-order valence-electron chi connectivity index (χ2n) is 7.39. The molecule has 0 unspecified atom stereocenters. The van der Waals surface area contributed by atoms with Crippen LogP contribution >= 0.6 is 0 Å². The Morgan fingerprint density at radius 1 is 1.03 bits per heavy atom. The van der Waals surface area contributed by atoms with E-state index < -0.39 is 6.03 Å². The molecule has 34 heavy (non-hydrogen) atoms. The number of carbonyl (C=O) groups excluding carboxylic acids is 1.